The molecule has 0 bridgehead atoms. The molecule has 0 saturated heterocycles. The summed E-state index contributed by atoms with van der Waals surface area (Å²) in [5.74, 6) is 1.65. The highest BCUT2D eigenvalue weighted by molar-refractivity contribution is 5.48. The molecular weight excluding hydrogens is 250 g/mol. The van der Waals surface area contributed by atoms with Gasteiger partial charge in [0.25, 0.3) is 0 Å². The van der Waals surface area contributed by atoms with Crippen LogP contribution in [-0.4, -0.2) is 17.3 Å². The molecule has 1 aliphatic carbocycles. The third kappa shape index (κ3) is 3.11. The largest absolute Gasteiger partial charge is 0.457 e. The summed E-state index contributed by atoms with van der Waals surface area (Å²) in [6.07, 6.45) is 2.79. The fraction of sp³-hybridized carbons (Fsp3) is 0.294. The topological polar surface area (TPSA) is 41.5 Å². The van der Waals surface area contributed by atoms with Crippen LogP contribution in [0.3, 0.4) is 0 Å². The van der Waals surface area contributed by atoms with Crippen LogP contribution in [0.5, 0.6) is 11.5 Å². The third-order valence-corrected chi connectivity index (χ3v) is 3.66. The molecular formula is C17H19NO2. The van der Waals surface area contributed by atoms with Gasteiger partial charge in [0.05, 0.1) is 12.1 Å². The van der Waals surface area contributed by atoms with Crippen LogP contribution in [0.1, 0.15) is 19.3 Å². The van der Waals surface area contributed by atoms with E-state index in [-0.39, 0.29) is 12.1 Å². The van der Waals surface area contributed by atoms with E-state index in [0.717, 1.165) is 36.4 Å². The Morgan fingerprint density at radius 2 is 1.60 bits per heavy atom. The van der Waals surface area contributed by atoms with Crippen LogP contribution in [0, 0.1) is 0 Å². The molecule has 1 fully saturated rings. The van der Waals surface area contributed by atoms with Crippen LogP contribution in [0.25, 0.3) is 0 Å². The van der Waals surface area contributed by atoms with E-state index in [1.807, 2.05) is 54.6 Å². The summed E-state index contributed by atoms with van der Waals surface area (Å²) in [7, 11) is 0. The minimum Gasteiger partial charge on any atom is -0.457 e. The van der Waals surface area contributed by atoms with Crippen LogP contribution in [0.15, 0.2) is 54.6 Å². The Morgan fingerprint density at radius 1 is 0.900 bits per heavy atom. The summed E-state index contributed by atoms with van der Waals surface area (Å²) in [6, 6.07) is 17.8. The highest BCUT2D eigenvalue weighted by atomic mass is 16.5. The molecule has 0 aromatic heterocycles. The Labute approximate surface area is 119 Å². The van der Waals surface area contributed by atoms with Gasteiger partial charge in [0, 0.05) is 5.69 Å². The molecule has 2 atom stereocenters. The standard InChI is InChI=1S/C17H19NO2/c19-17-8-4-7-16(17)18-13-9-11-15(12-10-13)20-14-5-2-1-3-6-14/h1-3,5-6,9-12,16-19H,4,7-8H2. The first-order chi connectivity index (χ1) is 9.81. The molecule has 2 unspecified atom stereocenters. The molecule has 0 heterocycles. The lowest BCUT2D eigenvalue weighted by Gasteiger charge is -2.18. The number of ether oxygens (including phenoxy) is 1. The van der Waals surface area contributed by atoms with Crippen LogP contribution in [0.2, 0.25) is 0 Å². The van der Waals surface area contributed by atoms with E-state index in [1.54, 1.807) is 0 Å². The van der Waals surface area contributed by atoms with Gasteiger partial charge in [-0.15, -0.1) is 0 Å². The maximum Gasteiger partial charge on any atom is 0.127 e. The van der Waals surface area contributed by atoms with Crippen molar-refractivity contribution in [2.24, 2.45) is 0 Å². The Morgan fingerprint density at radius 3 is 2.25 bits per heavy atom. The monoisotopic (exact) mass is 269 g/mol. The second-order valence-corrected chi connectivity index (χ2v) is 5.19. The molecule has 3 rings (SSSR count). The molecule has 0 amide bonds. The van der Waals surface area contributed by atoms with Crippen LogP contribution < -0.4 is 10.1 Å². The predicted molar refractivity (Wildman–Crippen MR) is 80.2 cm³/mol. The van der Waals surface area contributed by atoms with E-state index in [0.29, 0.717) is 0 Å². The molecule has 20 heavy (non-hydrogen) atoms. The zero-order valence-electron chi connectivity index (χ0n) is 11.3. The second kappa shape index (κ2) is 5.97. The number of rotatable bonds is 4. The van der Waals surface area contributed by atoms with Gasteiger partial charge in [0.15, 0.2) is 0 Å². The number of hydrogen-bond donors (Lipinski definition) is 2. The molecule has 0 radical (unpaired) electrons. The maximum atomic E-state index is 9.81. The maximum absolute atomic E-state index is 9.81. The fourth-order valence-electron chi connectivity index (χ4n) is 2.57. The van der Waals surface area contributed by atoms with E-state index in [9.17, 15) is 5.11 Å². The molecule has 0 aliphatic heterocycles. The molecule has 1 saturated carbocycles. The quantitative estimate of drug-likeness (QED) is 0.887. The number of nitrogens with one attached hydrogen (secondary N) is 1. The normalized spacial score (nSPS) is 21.6. The van der Waals surface area contributed by atoms with Gasteiger partial charge in [0.2, 0.25) is 0 Å². The van der Waals surface area contributed by atoms with Gasteiger partial charge in [0.1, 0.15) is 11.5 Å². The molecule has 0 spiro atoms. The second-order valence-electron chi connectivity index (χ2n) is 5.19. The van der Waals surface area contributed by atoms with Gasteiger partial charge in [-0.1, -0.05) is 18.2 Å². The van der Waals surface area contributed by atoms with Gasteiger partial charge in [-0.25, -0.2) is 0 Å². The molecule has 2 aromatic rings. The Balaban J connectivity index is 1.62. The molecule has 2 aromatic carbocycles. The van der Waals surface area contributed by atoms with Crippen molar-refractivity contribution in [3.05, 3.63) is 54.6 Å². The van der Waals surface area contributed by atoms with Gasteiger partial charge >= 0.3 is 0 Å². The zero-order valence-corrected chi connectivity index (χ0v) is 11.3. The SMILES string of the molecule is OC1CCCC1Nc1ccc(Oc2ccccc2)cc1. The van der Waals surface area contributed by atoms with Crippen LogP contribution in [0.4, 0.5) is 5.69 Å². The van der Waals surface area contributed by atoms with Crippen molar-refractivity contribution in [1.82, 2.24) is 0 Å². The first kappa shape index (κ1) is 13.0. The summed E-state index contributed by atoms with van der Waals surface area (Å²) >= 11 is 0. The number of anilines is 1. The van der Waals surface area contributed by atoms with Crippen molar-refractivity contribution in [2.75, 3.05) is 5.32 Å². The summed E-state index contributed by atoms with van der Waals surface area (Å²) < 4.78 is 5.75. The molecule has 2 N–H and O–H groups in total. The van der Waals surface area contributed by atoms with Gasteiger partial charge in [-0.2, -0.15) is 0 Å². The van der Waals surface area contributed by atoms with E-state index in [2.05, 4.69) is 5.32 Å². The summed E-state index contributed by atoms with van der Waals surface area (Å²) in [4.78, 5) is 0. The molecule has 104 valence electrons. The van der Waals surface area contributed by atoms with Crippen molar-refractivity contribution in [1.29, 1.82) is 0 Å². The molecule has 3 heteroatoms. The smallest absolute Gasteiger partial charge is 0.127 e. The Hall–Kier alpha value is -2.00. The van der Waals surface area contributed by atoms with Gasteiger partial charge in [-0.05, 0) is 55.7 Å². The lowest BCUT2D eigenvalue weighted by atomic mass is 10.2. The fourth-order valence-corrected chi connectivity index (χ4v) is 2.57. The third-order valence-electron chi connectivity index (χ3n) is 3.66. The highest BCUT2D eigenvalue weighted by Crippen LogP contribution is 2.26. The molecule has 3 nitrogen and oxygen atoms in total. The number of hydrogen-bond acceptors (Lipinski definition) is 3. The van der Waals surface area contributed by atoms with Gasteiger partial charge < -0.3 is 15.2 Å². The van der Waals surface area contributed by atoms with Gasteiger partial charge in [-0.3, -0.25) is 0 Å². The minimum absolute atomic E-state index is 0.177. The van der Waals surface area contributed by atoms with E-state index in [4.69, 9.17) is 4.74 Å². The first-order valence-corrected chi connectivity index (χ1v) is 7.09. The molecule has 1 aliphatic rings. The van der Waals surface area contributed by atoms with E-state index in [1.165, 1.54) is 0 Å². The lowest BCUT2D eigenvalue weighted by molar-refractivity contribution is 0.172. The minimum atomic E-state index is -0.227. The van der Waals surface area contributed by atoms with Crippen LogP contribution >= 0.6 is 0 Å². The average Bonchev–Trinajstić information content (AvgIpc) is 2.88. The van der Waals surface area contributed by atoms with Crippen molar-refractivity contribution < 1.29 is 9.84 Å². The van der Waals surface area contributed by atoms with E-state index < -0.39 is 0 Å². The number of aliphatic hydroxyl groups excluding tert-OH is 1. The Bertz CT molecular complexity index is 539. The number of para-hydroxylation sites is 1. The average molecular weight is 269 g/mol. The van der Waals surface area contributed by atoms with Crippen molar-refractivity contribution in [3.8, 4) is 11.5 Å². The summed E-state index contributed by atoms with van der Waals surface area (Å²) in [5, 5.41) is 13.2. The predicted octanol–water partition coefficient (Wildman–Crippen LogP) is 3.80. The van der Waals surface area contributed by atoms with Crippen molar-refractivity contribution >= 4 is 5.69 Å². The summed E-state index contributed by atoms with van der Waals surface area (Å²) in [5.41, 5.74) is 1.02. The van der Waals surface area contributed by atoms with Crippen LogP contribution in [-0.2, 0) is 0 Å². The van der Waals surface area contributed by atoms with Crippen molar-refractivity contribution in [3.63, 3.8) is 0 Å². The zero-order chi connectivity index (χ0) is 13.8. The van der Waals surface area contributed by atoms with E-state index >= 15 is 0 Å². The first-order valence-electron chi connectivity index (χ1n) is 7.09. The lowest BCUT2D eigenvalue weighted by Crippen LogP contribution is -2.27. The number of benzene rings is 2. The highest BCUT2D eigenvalue weighted by Gasteiger charge is 2.24. The summed E-state index contributed by atoms with van der Waals surface area (Å²) in [6.45, 7) is 0. The van der Waals surface area contributed by atoms with Crippen molar-refractivity contribution in [2.45, 2.75) is 31.4 Å². The Kier molecular flexibility index (Phi) is 3.88. The number of aliphatic hydroxyl groups is 1.